The first-order valence-electron chi connectivity index (χ1n) is 5.17. The Hall–Kier alpha value is -1.85. The molecule has 6 nitrogen and oxygen atoms in total. The minimum atomic E-state index is -0.882. The first-order valence-corrected chi connectivity index (χ1v) is 5.17. The van der Waals surface area contributed by atoms with Gasteiger partial charge in [0, 0.05) is 12.7 Å². The molecule has 0 aliphatic rings. The van der Waals surface area contributed by atoms with Crippen LogP contribution < -0.4 is 5.32 Å². The van der Waals surface area contributed by atoms with E-state index in [1.807, 2.05) is 6.92 Å². The number of rotatable bonds is 6. The predicted molar refractivity (Wildman–Crippen MR) is 57.1 cm³/mol. The van der Waals surface area contributed by atoms with Gasteiger partial charge in [-0.3, -0.25) is 14.3 Å². The molecule has 88 valence electrons. The fourth-order valence-electron chi connectivity index (χ4n) is 1.15. The number of aromatic nitrogens is 2. The molecule has 0 aliphatic carbocycles. The fraction of sp³-hybridized carbons (Fsp3) is 0.500. The van der Waals surface area contributed by atoms with Gasteiger partial charge in [-0.05, 0) is 12.5 Å². The summed E-state index contributed by atoms with van der Waals surface area (Å²) in [5.74, 6) is -1.11. The van der Waals surface area contributed by atoms with Crippen LogP contribution in [0.3, 0.4) is 0 Å². The van der Waals surface area contributed by atoms with E-state index in [1.54, 1.807) is 12.3 Å². The van der Waals surface area contributed by atoms with Crippen LogP contribution in [-0.4, -0.2) is 33.3 Å². The molecule has 0 spiro atoms. The molecule has 0 unspecified atom stereocenters. The number of aliphatic carboxylic acids is 1. The van der Waals surface area contributed by atoms with Gasteiger partial charge in [0.25, 0.3) is 5.91 Å². The summed E-state index contributed by atoms with van der Waals surface area (Å²) in [5, 5.41) is 15.2. The molecule has 1 heterocycles. The van der Waals surface area contributed by atoms with Crippen LogP contribution in [0.15, 0.2) is 12.3 Å². The Balaban J connectivity index is 2.50. The predicted octanol–water partition coefficient (Wildman–Crippen LogP) is 0.498. The molecule has 16 heavy (non-hydrogen) atoms. The van der Waals surface area contributed by atoms with Crippen LogP contribution in [0.4, 0.5) is 0 Å². The van der Waals surface area contributed by atoms with Gasteiger partial charge in [-0.15, -0.1) is 0 Å². The highest BCUT2D eigenvalue weighted by atomic mass is 16.4. The third-order valence-corrected chi connectivity index (χ3v) is 1.96. The van der Waals surface area contributed by atoms with Gasteiger partial charge in [0.1, 0.15) is 5.69 Å². The zero-order chi connectivity index (χ0) is 12.0. The van der Waals surface area contributed by atoms with Gasteiger partial charge in [0.2, 0.25) is 0 Å². The molecule has 6 heteroatoms. The maximum Gasteiger partial charge on any atom is 0.305 e. The molecule has 0 fully saturated rings. The largest absolute Gasteiger partial charge is 0.481 e. The molecule has 0 saturated carbocycles. The van der Waals surface area contributed by atoms with Crippen LogP contribution in [0.5, 0.6) is 0 Å². The summed E-state index contributed by atoms with van der Waals surface area (Å²) in [4.78, 5) is 21.8. The van der Waals surface area contributed by atoms with Gasteiger partial charge in [0.05, 0.1) is 13.0 Å². The number of hydrogen-bond acceptors (Lipinski definition) is 3. The lowest BCUT2D eigenvalue weighted by Crippen LogP contribution is -2.24. The molecule has 0 radical (unpaired) electrons. The number of nitrogens with one attached hydrogen (secondary N) is 1. The Kier molecular flexibility index (Phi) is 4.50. The van der Waals surface area contributed by atoms with Crippen molar-refractivity contribution in [3.05, 3.63) is 18.0 Å². The lowest BCUT2D eigenvalue weighted by atomic mass is 10.4. The summed E-state index contributed by atoms with van der Waals surface area (Å²) in [7, 11) is 0. The standard InChI is InChI=1S/C10H15N3O3/c1-2-5-11-10(16)8-3-6-13(12-8)7-4-9(14)15/h3,6H,2,4-5,7H2,1H3,(H,11,16)(H,14,15). The SMILES string of the molecule is CCCNC(=O)c1ccn(CCC(=O)O)n1. The van der Waals surface area contributed by atoms with Gasteiger partial charge in [-0.2, -0.15) is 5.10 Å². The minimum absolute atomic E-state index is 0.00228. The molecule has 0 atom stereocenters. The molecule has 2 N–H and O–H groups in total. The molecule has 1 aromatic heterocycles. The van der Waals surface area contributed by atoms with E-state index < -0.39 is 5.97 Å². The van der Waals surface area contributed by atoms with Crippen LogP contribution in [0.25, 0.3) is 0 Å². The maximum absolute atomic E-state index is 11.5. The summed E-state index contributed by atoms with van der Waals surface area (Å²) < 4.78 is 1.45. The van der Waals surface area contributed by atoms with Crippen LogP contribution in [0.2, 0.25) is 0 Å². The van der Waals surface area contributed by atoms with Crippen molar-refractivity contribution in [1.29, 1.82) is 0 Å². The van der Waals surface area contributed by atoms with E-state index >= 15 is 0 Å². The van der Waals surface area contributed by atoms with Gasteiger partial charge < -0.3 is 10.4 Å². The minimum Gasteiger partial charge on any atom is -0.481 e. The van der Waals surface area contributed by atoms with E-state index in [4.69, 9.17) is 5.11 Å². The number of carboxylic acid groups (broad SMARTS) is 1. The Bertz CT molecular complexity index is 373. The van der Waals surface area contributed by atoms with Crippen molar-refractivity contribution in [2.24, 2.45) is 0 Å². The monoisotopic (exact) mass is 225 g/mol. The number of aryl methyl sites for hydroxylation is 1. The fourth-order valence-corrected chi connectivity index (χ4v) is 1.15. The second-order valence-electron chi connectivity index (χ2n) is 3.36. The molecule has 0 saturated heterocycles. The zero-order valence-corrected chi connectivity index (χ0v) is 9.14. The average molecular weight is 225 g/mol. The summed E-state index contributed by atoms with van der Waals surface area (Å²) in [6, 6.07) is 1.58. The lowest BCUT2D eigenvalue weighted by Gasteiger charge is -2.00. The van der Waals surface area contributed by atoms with E-state index in [0.29, 0.717) is 12.2 Å². The maximum atomic E-state index is 11.5. The highest BCUT2D eigenvalue weighted by Crippen LogP contribution is 1.97. The first kappa shape index (κ1) is 12.2. The van der Waals surface area contributed by atoms with E-state index in [1.165, 1.54) is 4.68 Å². The lowest BCUT2D eigenvalue weighted by molar-refractivity contribution is -0.137. The third kappa shape index (κ3) is 3.72. The van der Waals surface area contributed by atoms with Gasteiger partial charge >= 0.3 is 5.97 Å². The number of hydrogen-bond donors (Lipinski definition) is 2. The van der Waals surface area contributed by atoms with E-state index in [9.17, 15) is 9.59 Å². The summed E-state index contributed by atoms with van der Waals surface area (Å²) >= 11 is 0. The number of amides is 1. The summed E-state index contributed by atoms with van der Waals surface area (Å²) in [5.41, 5.74) is 0.318. The molecule has 0 bridgehead atoms. The van der Waals surface area contributed by atoms with Gasteiger partial charge in [-0.1, -0.05) is 6.92 Å². The summed E-state index contributed by atoms with van der Waals surface area (Å²) in [6.45, 7) is 2.85. The second kappa shape index (κ2) is 5.89. The van der Waals surface area contributed by atoms with Crippen molar-refractivity contribution < 1.29 is 14.7 Å². The Morgan fingerprint density at radius 3 is 2.94 bits per heavy atom. The van der Waals surface area contributed by atoms with Crippen molar-refractivity contribution in [1.82, 2.24) is 15.1 Å². The zero-order valence-electron chi connectivity index (χ0n) is 9.14. The molecular weight excluding hydrogens is 210 g/mol. The Morgan fingerprint density at radius 2 is 2.31 bits per heavy atom. The van der Waals surface area contributed by atoms with Gasteiger partial charge in [-0.25, -0.2) is 0 Å². The highest BCUT2D eigenvalue weighted by Gasteiger charge is 2.08. The molecule has 1 rings (SSSR count). The van der Waals surface area contributed by atoms with Crippen molar-refractivity contribution in [3.8, 4) is 0 Å². The van der Waals surface area contributed by atoms with Crippen LogP contribution in [0.1, 0.15) is 30.3 Å². The van der Waals surface area contributed by atoms with E-state index in [0.717, 1.165) is 6.42 Å². The van der Waals surface area contributed by atoms with Crippen molar-refractivity contribution in [2.45, 2.75) is 26.3 Å². The Morgan fingerprint density at radius 1 is 1.56 bits per heavy atom. The van der Waals surface area contributed by atoms with Crippen molar-refractivity contribution in [2.75, 3.05) is 6.54 Å². The molecule has 1 amide bonds. The normalized spacial score (nSPS) is 10.1. The molecule has 0 aliphatic heterocycles. The summed E-state index contributed by atoms with van der Waals surface area (Å²) in [6.07, 6.45) is 2.47. The molecule has 1 aromatic rings. The van der Waals surface area contributed by atoms with E-state index in [-0.39, 0.29) is 18.9 Å². The quantitative estimate of drug-likeness (QED) is 0.738. The first-order chi connectivity index (χ1) is 7.63. The molecular formula is C10H15N3O3. The van der Waals surface area contributed by atoms with Crippen LogP contribution >= 0.6 is 0 Å². The van der Waals surface area contributed by atoms with Crippen molar-refractivity contribution >= 4 is 11.9 Å². The Labute approximate surface area is 93.3 Å². The number of nitrogens with zero attached hydrogens (tertiary/aromatic N) is 2. The molecule has 0 aromatic carbocycles. The number of carbonyl (C=O) groups excluding carboxylic acids is 1. The smallest absolute Gasteiger partial charge is 0.305 e. The average Bonchev–Trinajstić information content (AvgIpc) is 2.71. The van der Waals surface area contributed by atoms with E-state index in [2.05, 4.69) is 10.4 Å². The van der Waals surface area contributed by atoms with Crippen LogP contribution in [-0.2, 0) is 11.3 Å². The highest BCUT2D eigenvalue weighted by molar-refractivity contribution is 5.92. The topological polar surface area (TPSA) is 84.2 Å². The second-order valence-corrected chi connectivity index (χ2v) is 3.36. The van der Waals surface area contributed by atoms with Crippen molar-refractivity contribution in [3.63, 3.8) is 0 Å². The number of carbonyl (C=O) groups is 2. The van der Waals surface area contributed by atoms with Crippen LogP contribution in [0, 0.1) is 0 Å². The third-order valence-electron chi connectivity index (χ3n) is 1.96. The number of carboxylic acids is 1. The van der Waals surface area contributed by atoms with Gasteiger partial charge in [0.15, 0.2) is 0 Å².